The molecule has 2 aliphatic heterocycles. The van der Waals surface area contributed by atoms with E-state index in [9.17, 15) is 9.59 Å². The van der Waals surface area contributed by atoms with Crippen LogP contribution in [0.2, 0.25) is 0 Å². The molecular formula is C24H27N3O3. The normalized spacial score (nSPS) is 21.8. The van der Waals surface area contributed by atoms with Gasteiger partial charge in [-0.1, -0.05) is 19.9 Å². The summed E-state index contributed by atoms with van der Waals surface area (Å²) in [5.41, 5.74) is 3.10. The first-order chi connectivity index (χ1) is 14.0. The van der Waals surface area contributed by atoms with Crippen molar-refractivity contribution in [3.63, 3.8) is 0 Å². The van der Waals surface area contributed by atoms with Crippen molar-refractivity contribution >= 4 is 34.9 Å². The van der Waals surface area contributed by atoms with Crippen molar-refractivity contribution in [2.75, 3.05) is 0 Å². The van der Waals surface area contributed by atoms with Crippen LogP contribution in [0.1, 0.15) is 51.4 Å². The monoisotopic (exact) mass is 405 g/mol. The summed E-state index contributed by atoms with van der Waals surface area (Å²) in [5, 5.41) is 6.35. The molecule has 156 valence electrons. The van der Waals surface area contributed by atoms with Crippen LogP contribution in [-0.2, 0) is 15.0 Å². The minimum Gasteiger partial charge on any atom is -0.483 e. The van der Waals surface area contributed by atoms with Crippen molar-refractivity contribution in [1.82, 2.24) is 15.6 Å². The first kappa shape index (κ1) is 20.0. The smallest absolute Gasteiger partial charge is 0.268 e. The summed E-state index contributed by atoms with van der Waals surface area (Å²) in [6.45, 7) is 13.8. The van der Waals surface area contributed by atoms with Crippen molar-refractivity contribution < 1.29 is 14.3 Å². The van der Waals surface area contributed by atoms with Crippen LogP contribution in [0.3, 0.4) is 0 Å². The van der Waals surface area contributed by atoms with Crippen LogP contribution in [0.25, 0.3) is 23.1 Å². The Labute approximate surface area is 176 Å². The number of carbonyl (C=O) groups excluding carboxylic acids is 2. The standard InChI is InChI=1S/C24H27N3O3/c1-7-23(3,4)20-16(12-17-22(29)25-13(2)21(28)26-17)14-8-9-18-15(19(14)27-20)10-11-24(5,6)30-18/h7-13,27H,1H2,2-6H3,(H,25,29)(H,26,28)/b17-12+/t13-/m0/s1. The lowest BCUT2D eigenvalue weighted by atomic mass is 9.86. The van der Waals surface area contributed by atoms with Crippen molar-refractivity contribution in [2.45, 2.75) is 51.7 Å². The molecule has 1 saturated heterocycles. The molecule has 3 heterocycles. The van der Waals surface area contributed by atoms with Crippen LogP contribution in [0, 0.1) is 0 Å². The largest absolute Gasteiger partial charge is 0.483 e. The van der Waals surface area contributed by atoms with Crippen LogP contribution in [-0.4, -0.2) is 28.4 Å². The number of ether oxygens (including phenoxy) is 1. The zero-order valence-electron chi connectivity index (χ0n) is 18.0. The molecule has 1 aromatic carbocycles. The van der Waals surface area contributed by atoms with Gasteiger partial charge in [-0.25, -0.2) is 0 Å². The van der Waals surface area contributed by atoms with Crippen molar-refractivity contribution in [1.29, 1.82) is 0 Å². The number of piperazine rings is 1. The number of H-pyrrole nitrogens is 1. The fourth-order valence-electron chi connectivity index (χ4n) is 3.79. The van der Waals surface area contributed by atoms with E-state index < -0.39 is 6.04 Å². The maximum atomic E-state index is 12.5. The zero-order chi connectivity index (χ0) is 21.8. The molecular weight excluding hydrogens is 378 g/mol. The molecule has 0 saturated carbocycles. The van der Waals surface area contributed by atoms with Gasteiger partial charge in [-0.2, -0.15) is 0 Å². The Morgan fingerprint density at radius 1 is 1.23 bits per heavy atom. The highest BCUT2D eigenvalue weighted by atomic mass is 16.5. The van der Waals surface area contributed by atoms with Gasteiger partial charge in [0.25, 0.3) is 5.91 Å². The summed E-state index contributed by atoms with van der Waals surface area (Å²) in [4.78, 5) is 28.2. The molecule has 3 N–H and O–H groups in total. The maximum absolute atomic E-state index is 12.5. The highest BCUT2D eigenvalue weighted by Gasteiger charge is 2.30. The summed E-state index contributed by atoms with van der Waals surface area (Å²) >= 11 is 0. The molecule has 0 spiro atoms. The second kappa shape index (κ2) is 6.62. The van der Waals surface area contributed by atoms with Gasteiger partial charge < -0.3 is 20.4 Å². The van der Waals surface area contributed by atoms with E-state index in [1.165, 1.54) is 0 Å². The van der Waals surface area contributed by atoms with Gasteiger partial charge in [-0.3, -0.25) is 9.59 Å². The molecule has 0 radical (unpaired) electrons. The molecule has 4 rings (SSSR count). The zero-order valence-corrected chi connectivity index (χ0v) is 18.0. The number of hydrogen-bond acceptors (Lipinski definition) is 3. The number of rotatable bonds is 3. The second-order valence-electron chi connectivity index (χ2n) is 9.02. The third-order valence-corrected chi connectivity index (χ3v) is 5.73. The number of benzene rings is 1. The van der Waals surface area contributed by atoms with E-state index in [-0.39, 0.29) is 28.5 Å². The third kappa shape index (κ3) is 3.22. The first-order valence-electron chi connectivity index (χ1n) is 10.1. The Kier molecular flexibility index (Phi) is 4.42. The molecule has 6 heteroatoms. The average molecular weight is 405 g/mol. The lowest BCUT2D eigenvalue weighted by Gasteiger charge is -2.28. The fraction of sp³-hybridized carbons (Fsp3) is 0.333. The van der Waals surface area contributed by atoms with Gasteiger partial charge in [-0.15, -0.1) is 6.58 Å². The molecule has 2 aromatic rings. The molecule has 2 aliphatic rings. The summed E-state index contributed by atoms with van der Waals surface area (Å²) in [7, 11) is 0. The Hall–Kier alpha value is -3.28. The molecule has 0 unspecified atom stereocenters. The topological polar surface area (TPSA) is 83.2 Å². The number of allylic oxidation sites excluding steroid dienone is 1. The quantitative estimate of drug-likeness (QED) is 0.537. The molecule has 0 bridgehead atoms. The second-order valence-corrected chi connectivity index (χ2v) is 9.02. The molecule has 30 heavy (non-hydrogen) atoms. The Balaban J connectivity index is 1.95. The predicted molar refractivity (Wildman–Crippen MR) is 119 cm³/mol. The lowest BCUT2D eigenvalue weighted by Crippen LogP contribution is -2.53. The molecule has 2 amide bonds. The fourth-order valence-corrected chi connectivity index (χ4v) is 3.79. The van der Waals surface area contributed by atoms with E-state index in [0.29, 0.717) is 0 Å². The Bertz CT molecular complexity index is 1150. The number of nitrogens with one attached hydrogen (secondary N) is 3. The molecule has 0 aliphatic carbocycles. The number of amides is 2. The van der Waals surface area contributed by atoms with Crippen LogP contribution in [0.5, 0.6) is 5.75 Å². The van der Waals surface area contributed by atoms with Gasteiger partial charge in [0.2, 0.25) is 5.91 Å². The van der Waals surface area contributed by atoms with E-state index in [0.717, 1.165) is 33.5 Å². The first-order valence-corrected chi connectivity index (χ1v) is 10.1. The van der Waals surface area contributed by atoms with Crippen molar-refractivity contribution in [3.05, 3.63) is 53.4 Å². The van der Waals surface area contributed by atoms with Gasteiger partial charge in [-0.05, 0) is 51.1 Å². The van der Waals surface area contributed by atoms with Crippen LogP contribution < -0.4 is 15.4 Å². The van der Waals surface area contributed by atoms with Gasteiger partial charge >= 0.3 is 0 Å². The highest BCUT2D eigenvalue weighted by molar-refractivity contribution is 6.09. The number of hydrogen-bond donors (Lipinski definition) is 3. The van der Waals surface area contributed by atoms with Gasteiger partial charge in [0, 0.05) is 27.6 Å². The van der Waals surface area contributed by atoms with Crippen LogP contribution in [0.4, 0.5) is 0 Å². The number of fused-ring (bicyclic) bond motifs is 3. The molecule has 6 nitrogen and oxygen atoms in total. The molecule has 1 fully saturated rings. The van der Waals surface area contributed by atoms with Crippen molar-refractivity contribution in [3.8, 4) is 5.75 Å². The SMILES string of the molecule is C=CC(C)(C)c1[nH]c2c3c(ccc2c1/C=C1/NC(=O)[C@H](C)NC1=O)OC(C)(C)C=C3. The number of aromatic nitrogens is 1. The lowest BCUT2D eigenvalue weighted by molar-refractivity contribution is -0.130. The van der Waals surface area contributed by atoms with E-state index in [1.54, 1.807) is 13.0 Å². The Morgan fingerprint density at radius 2 is 1.97 bits per heavy atom. The minimum absolute atomic E-state index is 0.228. The Morgan fingerprint density at radius 3 is 2.67 bits per heavy atom. The summed E-state index contributed by atoms with van der Waals surface area (Å²) < 4.78 is 6.12. The van der Waals surface area contributed by atoms with E-state index in [1.807, 2.05) is 38.1 Å². The van der Waals surface area contributed by atoms with E-state index in [4.69, 9.17) is 4.74 Å². The molecule has 1 atom stereocenters. The average Bonchev–Trinajstić information content (AvgIpc) is 3.04. The van der Waals surface area contributed by atoms with Crippen LogP contribution in [0.15, 0.2) is 36.6 Å². The van der Waals surface area contributed by atoms with Gasteiger partial charge in [0.15, 0.2) is 0 Å². The van der Waals surface area contributed by atoms with Gasteiger partial charge in [0.1, 0.15) is 23.1 Å². The highest BCUT2D eigenvalue weighted by Crippen LogP contribution is 2.41. The van der Waals surface area contributed by atoms with Gasteiger partial charge in [0.05, 0.1) is 5.52 Å². The summed E-state index contributed by atoms with van der Waals surface area (Å²) in [6.07, 6.45) is 7.70. The third-order valence-electron chi connectivity index (χ3n) is 5.73. The summed E-state index contributed by atoms with van der Waals surface area (Å²) in [6, 6.07) is 3.38. The maximum Gasteiger partial charge on any atom is 0.268 e. The minimum atomic E-state index is -0.556. The number of carbonyl (C=O) groups is 2. The predicted octanol–water partition coefficient (Wildman–Crippen LogP) is 3.79. The van der Waals surface area contributed by atoms with E-state index in [2.05, 4.69) is 42.1 Å². The van der Waals surface area contributed by atoms with E-state index >= 15 is 0 Å². The van der Waals surface area contributed by atoms with Crippen LogP contribution >= 0.6 is 0 Å². The number of aromatic amines is 1. The molecule has 1 aromatic heterocycles. The van der Waals surface area contributed by atoms with Crippen molar-refractivity contribution in [2.24, 2.45) is 0 Å². The summed E-state index contributed by atoms with van der Waals surface area (Å²) in [5.74, 6) is 0.263.